The maximum absolute atomic E-state index is 11.1. The molecule has 1 N–H and O–H groups in total. The van der Waals surface area contributed by atoms with Crippen molar-refractivity contribution in [3.63, 3.8) is 0 Å². The smallest absolute Gasteiger partial charge is 0.358 e. The highest BCUT2D eigenvalue weighted by atomic mass is 79.9. The summed E-state index contributed by atoms with van der Waals surface area (Å²) in [4.78, 5) is 11.1. The van der Waals surface area contributed by atoms with E-state index in [1.54, 1.807) is 4.68 Å². The Morgan fingerprint density at radius 2 is 2.29 bits per heavy atom. The molecule has 0 saturated carbocycles. The molecule has 0 bridgehead atoms. The molecule has 88 valence electrons. The van der Waals surface area contributed by atoms with Crippen molar-refractivity contribution in [3.05, 3.63) is 34.4 Å². The predicted molar refractivity (Wildman–Crippen MR) is 65.8 cm³/mol. The molecule has 0 aliphatic rings. The third kappa shape index (κ3) is 2.21. The predicted octanol–water partition coefficient (Wildman–Crippen LogP) is 2.43. The van der Waals surface area contributed by atoms with Crippen LogP contribution in [0.15, 0.2) is 28.7 Å². The molecule has 17 heavy (non-hydrogen) atoms. The first-order chi connectivity index (χ1) is 8.13. The first-order valence-corrected chi connectivity index (χ1v) is 5.85. The summed E-state index contributed by atoms with van der Waals surface area (Å²) in [7, 11) is 0. The van der Waals surface area contributed by atoms with Crippen LogP contribution >= 0.6 is 15.9 Å². The van der Waals surface area contributed by atoms with E-state index in [9.17, 15) is 4.79 Å². The Labute approximate surface area is 106 Å². The van der Waals surface area contributed by atoms with Gasteiger partial charge in [-0.25, -0.2) is 9.48 Å². The number of aryl methyl sites for hydroxylation is 1. The highest BCUT2D eigenvalue weighted by Gasteiger charge is 2.19. The summed E-state index contributed by atoms with van der Waals surface area (Å²) in [5.41, 5.74) is 1.29. The van der Waals surface area contributed by atoms with Gasteiger partial charge in [0.1, 0.15) is 5.69 Å². The highest BCUT2D eigenvalue weighted by molar-refractivity contribution is 9.10. The summed E-state index contributed by atoms with van der Waals surface area (Å²) in [5.74, 6) is -1.07. The van der Waals surface area contributed by atoms with Crippen LogP contribution < -0.4 is 0 Å². The number of benzene rings is 1. The summed E-state index contributed by atoms with van der Waals surface area (Å²) in [6.07, 6.45) is 0. The van der Waals surface area contributed by atoms with Crippen molar-refractivity contribution in [3.8, 4) is 11.3 Å². The first-order valence-electron chi connectivity index (χ1n) is 5.06. The van der Waals surface area contributed by atoms with Gasteiger partial charge in [0.2, 0.25) is 0 Å². The van der Waals surface area contributed by atoms with Crippen LogP contribution in [0, 0.1) is 0 Å². The number of rotatable bonds is 3. The average Bonchev–Trinajstić information content (AvgIpc) is 2.72. The fourth-order valence-corrected chi connectivity index (χ4v) is 2.00. The van der Waals surface area contributed by atoms with Crippen LogP contribution in [-0.4, -0.2) is 26.1 Å². The largest absolute Gasteiger partial charge is 0.476 e. The normalized spacial score (nSPS) is 10.5. The average molecular weight is 296 g/mol. The topological polar surface area (TPSA) is 68.0 Å². The fraction of sp³-hybridized carbons (Fsp3) is 0.182. The van der Waals surface area contributed by atoms with Gasteiger partial charge >= 0.3 is 5.97 Å². The van der Waals surface area contributed by atoms with Crippen LogP contribution in [0.5, 0.6) is 0 Å². The van der Waals surface area contributed by atoms with Gasteiger partial charge in [0.25, 0.3) is 0 Å². The van der Waals surface area contributed by atoms with Gasteiger partial charge < -0.3 is 5.11 Å². The van der Waals surface area contributed by atoms with Gasteiger partial charge in [-0.05, 0) is 19.1 Å². The lowest BCUT2D eigenvalue weighted by Crippen LogP contribution is -2.03. The van der Waals surface area contributed by atoms with Gasteiger partial charge in [0.15, 0.2) is 5.69 Å². The van der Waals surface area contributed by atoms with Crippen LogP contribution in [0.1, 0.15) is 17.4 Å². The van der Waals surface area contributed by atoms with Crippen molar-refractivity contribution in [2.24, 2.45) is 0 Å². The monoisotopic (exact) mass is 295 g/mol. The highest BCUT2D eigenvalue weighted by Crippen LogP contribution is 2.25. The molecule has 1 aromatic heterocycles. The van der Waals surface area contributed by atoms with Crippen LogP contribution in [0.4, 0.5) is 0 Å². The van der Waals surface area contributed by atoms with Crippen molar-refractivity contribution >= 4 is 21.9 Å². The number of aromatic nitrogens is 3. The zero-order valence-corrected chi connectivity index (χ0v) is 10.7. The summed E-state index contributed by atoms with van der Waals surface area (Å²) in [5, 5.41) is 16.6. The molecule has 2 aromatic rings. The number of nitrogens with zero attached hydrogens (tertiary/aromatic N) is 3. The number of hydrogen-bond acceptors (Lipinski definition) is 3. The SMILES string of the molecule is CCn1nnc(C(=O)O)c1-c1cccc(Br)c1. The Bertz CT molecular complexity index is 566. The number of hydrogen-bond donors (Lipinski definition) is 1. The zero-order chi connectivity index (χ0) is 12.4. The second-order valence-electron chi connectivity index (χ2n) is 3.42. The number of carboxylic acids is 1. The van der Waals surface area contributed by atoms with Crippen molar-refractivity contribution in [1.82, 2.24) is 15.0 Å². The Morgan fingerprint density at radius 1 is 1.53 bits per heavy atom. The summed E-state index contributed by atoms with van der Waals surface area (Å²) >= 11 is 3.36. The van der Waals surface area contributed by atoms with Crippen LogP contribution in [0.25, 0.3) is 11.3 Å². The Hall–Kier alpha value is -1.69. The molecule has 0 radical (unpaired) electrons. The molecule has 0 saturated heterocycles. The van der Waals surface area contributed by atoms with E-state index in [-0.39, 0.29) is 5.69 Å². The van der Waals surface area contributed by atoms with Crippen LogP contribution in [0.2, 0.25) is 0 Å². The number of carbonyl (C=O) groups is 1. The molecular weight excluding hydrogens is 286 g/mol. The second-order valence-corrected chi connectivity index (χ2v) is 4.33. The molecule has 6 heteroatoms. The Kier molecular flexibility index (Phi) is 3.23. The molecule has 0 fully saturated rings. The van der Waals surface area contributed by atoms with E-state index in [2.05, 4.69) is 26.2 Å². The van der Waals surface area contributed by atoms with E-state index < -0.39 is 5.97 Å². The van der Waals surface area contributed by atoms with Crippen molar-refractivity contribution in [2.75, 3.05) is 0 Å². The van der Waals surface area contributed by atoms with Crippen LogP contribution in [-0.2, 0) is 6.54 Å². The molecular formula is C11H10BrN3O2. The number of halogens is 1. The summed E-state index contributed by atoms with van der Waals surface area (Å²) in [6.45, 7) is 2.46. The van der Waals surface area contributed by atoms with Crippen molar-refractivity contribution in [2.45, 2.75) is 13.5 Å². The molecule has 5 nitrogen and oxygen atoms in total. The molecule has 0 unspecified atom stereocenters. The van der Waals surface area contributed by atoms with Gasteiger partial charge in [-0.3, -0.25) is 0 Å². The number of carboxylic acid groups (broad SMARTS) is 1. The minimum absolute atomic E-state index is 0.0232. The van der Waals surface area contributed by atoms with Gasteiger partial charge in [0.05, 0.1) is 0 Å². The minimum Gasteiger partial charge on any atom is -0.476 e. The van der Waals surface area contributed by atoms with Gasteiger partial charge in [0, 0.05) is 16.6 Å². The molecule has 0 aliphatic heterocycles. The lowest BCUT2D eigenvalue weighted by molar-refractivity contribution is 0.0691. The fourth-order valence-electron chi connectivity index (χ4n) is 1.60. The molecule has 1 aromatic carbocycles. The van der Waals surface area contributed by atoms with E-state index in [4.69, 9.17) is 5.11 Å². The van der Waals surface area contributed by atoms with Crippen molar-refractivity contribution < 1.29 is 9.90 Å². The minimum atomic E-state index is -1.07. The third-order valence-electron chi connectivity index (χ3n) is 2.34. The quantitative estimate of drug-likeness (QED) is 0.944. The van der Waals surface area contributed by atoms with E-state index in [0.29, 0.717) is 12.2 Å². The first kappa shape index (κ1) is 11.8. The lowest BCUT2D eigenvalue weighted by Gasteiger charge is -2.05. The van der Waals surface area contributed by atoms with Crippen molar-refractivity contribution in [1.29, 1.82) is 0 Å². The second kappa shape index (κ2) is 4.67. The van der Waals surface area contributed by atoms with Gasteiger partial charge in [-0.1, -0.05) is 33.3 Å². The Balaban J connectivity index is 2.64. The lowest BCUT2D eigenvalue weighted by atomic mass is 10.1. The molecule has 0 amide bonds. The standard InChI is InChI=1S/C11H10BrN3O2/c1-2-15-10(9(11(16)17)13-14-15)7-4-3-5-8(12)6-7/h3-6H,2H2,1H3,(H,16,17). The van der Waals surface area contributed by atoms with E-state index in [1.807, 2.05) is 31.2 Å². The number of aromatic carboxylic acids is 1. The molecule has 0 aliphatic carbocycles. The maximum Gasteiger partial charge on any atom is 0.358 e. The summed E-state index contributed by atoms with van der Waals surface area (Å²) < 4.78 is 2.46. The van der Waals surface area contributed by atoms with E-state index in [1.165, 1.54) is 0 Å². The molecule has 2 rings (SSSR count). The zero-order valence-electron chi connectivity index (χ0n) is 9.09. The van der Waals surface area contributed by atoms with Gasteiger partial charge in [-0.15, -0.1) is 5.10 Å². The maximum atomic E-state index is 11.1. The molecule has 0 atom stereocenters. The van der Waals surface area contributed by atoms with Gasteiger partial charge in [-0.2, -0.15) is 0 Å². The van der Waals surface area contributed by atoms with Crippen LogP contribution in [0.3, 0.4) is 0 Å². The summed E-state index contributed by atoms with van der Waals surface area (Å²) in [6, 6.07) is 7.40. The van der Waals surface area contributed by atoms with E-state index >= 15 is 0 Å². The molecule has 0 spiro atoms. The molecule has 1 heterocycles. The van der Waals surface area contributed by atoms with E-state index in [0.717, 1.165) is 10.0 Å². The third-order valence-corrected chi connectivity index (χ3v) is 2.83. The Morgan fingerprint density at radius 3 is 2.88 bits per heavy atom.